The highest BCUT2D eigenvalue weighted by Gasteiger charge is 2.22. The van der Waals surface area contributed by atoms with Crippen LogP contribution >= 0.6 is 0 Å². The minimum Gasteiger partial charge on any atom is -0.349 e. The molecule has 0 spiro atoms. The second-order valence-electron chi connectivity index (χ2n) is 3.63. The van der Waals surface area contributed by atoms with Gasteiger partial charge in [-0.05, 0) is 12.3 Å². The molecule has 0 unspecified atom stereocenters. The topological polar surface area (TPSA) is 20.3 Å². The van der Waals surface area contributed by atoms with Crippen LogP contribution in [-0.4, -0.2) is 24.9 Å². The van der Waals surface area contributed by atoms with Gasteiger partial charge in [0, 0.05) is 20.0 Å². The Bertz CT molecular complexity index is 143. The van der Waals surface area contributed by atoms with Crippen LogP contribution in [0.1, 0.15) is 33.6 Å². The van der Waals surface area contributed by atoms with Gasteiger partial charge in [-0.3, -0.25) is 4.79 Å². The van der Waals surface area contributed by atoms with Crippen molar-refractivity contribution in [3.8, 4) is 0 Å². The van der Waals surface area contributed by atoms with Crippen LogP contribution in [0.2, 0.25) is 0 Å². The Labute approximate surface area is 75.9 Å². The molecule has 0 saturated heterocycles. The van der Waals surface area contributed by atoms with Gasteiger partial charge in [0.15, 0.2) is 0 Å². The molecule has 0 radical (unpaired) electrons. The van der Waals surface area contributed by atoms with Gasteiger partial charge in [-0.15, -0.1) is 0 Å². The quantitative estimate of drug-likeness (QED) is 0.634. The summed E-state index contributed by atoms with van der Waals surface area (Å²) in [6.45, 7) is 6.37. The predicted molar refractivity (Wildman–Crippen MR) is 51.9 cm³/mol. The third-order valence-electron chi connectivity index (χ3n) is 2.53. The molecule has 0 aliphatic carbocycles. The molecule has 0 aromatic heterocycles. The van der Waals surface area contributed by atoms with Gasteiger partial charge in [-0.1, -0.05) is 27.2 Å². The van der Waals surface area contributed by atoms with Crippen molar-refractivity contribution >= 4 is 5.91 Å². The molecule has 0 aliphatic heterocycles. The van der Waals surface area contributed by atoms with Gasteiger partial charge >= 0.3 is 0 Å². The van der Waals surface area contributed by atoms with Crippen LogP contribution in [0.4, 0.5) is 0 Å². The van der Waals surface area contributed by atoms with Crippen LogP contribution < -0.4 is 0 Å². The standard InChI is InChI=1S/C10H21NO/c1-6-8(3)9(7-2)10(12)11(4)5/h8-9H,6-7H2,1-5H3/t8-,9-/m1/s1. The number of amides is 1. The molecule has 72 valence electrons. The number of hydrogen-bond acceptors (Lipinski definition) is 1. The van der Waals surface area contributed by atoms with Crippen molar-refractivity contribution in [3.05, 3.63) is 0 Å². The Hall–Kier alpha value is -0.530. The molecule has 0 N–H and O–H groups in total. The first-order valence-corrected chi connectivity index (χ1v) is 4.75. The summed E-state index contributed by atoms with van der Waals surface area (Å²) in [6.07, 6.45) is 2.03. The summed E-state index contributed by atoms with van der Waals surface area (Å²) in [5.74, 6) is 0.988. The summed E-state index contributed by atoms with van der Waals surface area (Å²) >= 11 is 0. The molecule has 0 bridgehead atoms. The molecule has 0 saturated carbocycles. The lowest BCUT2D eigenvalue weighted by Gasteiger charge is -2.23. The lowest BCUT2D eigenvalue weighted by molar-refractivity contribution is -0.134. The highest BCUT2D eigenvalue weighted by atomic mass is 16.2. The Kier molecular flexibility index (Phi) is 4.95. The molecule has 0 fully saturated rings. The van der Waals surface area contributed by atoms with Gasteiger partial charge in [-0.25, -0.2) is 0 Å². The summed E-state index contributed by atoms with van der Waals surface area (Å²) in [4.78, 5) is 13.3. The fourth-order valence-electron chi connectivity index (χ4n) is 1.44. The van der Waals surface area contributed by atoms with E-state index in [1.54, 1.807) is 4.90 Å². The van der Waals surface area contributed by atoms with Gasteiger partial charge in [0.05, 0.1) is 0 Å². The van der Waals surface area contributed by atoms with Crippen molar-refractivity contribution in [1.82, 2.24) is 4.90 Å². The number of carbonyl (C=O) groups excluding carboxylic acids is 1. The molecular formula is C10H21NO. The molecule has 0 rings (SSSR count). The highest BCUT2D eigenvalue weighted by Crippen LogP contribution is 2.20. The minimum atomic E-state index is 0.213. The first-order chi connectivity index (χ1) is 5.54. The average Bonchev–Trinajstić information content (AvgIpc) is 2.05. The van der Waals surface area contributed by atoms with E-state index in [2.05, 4.69) is 20.8 Å². The summed E-state index contributed by atoms with van der Waals surface area (Å²) in [5, 5.41) is 0. The van der Waals surface area contributed by atoms with Gasteiger partial charge in [0.1, 0.15) is 0 Å². The van der Waals surface area contributed by atoms with E-state index in [1.807, 2.05) is 14.1 Å². The molecule has 1 amide bonds. The van der Waals surface area contributed by atoms with E-state index in [0.717, 1.165) is 12.8 Å². The fraction of sp³-hybridized carbons (Fsp3) is 0.900. The predicted octanol–water partition coefficient (Wildman–Crippen LogP) is 2.15. The van der Waals surface area contributed by atoms with Crippen molar-refractivity contribution in [2.45, 2.75) is 33.6 Å². The van der Waals surface area contributed by atoms with Crippen molar-refractivity contribution in [1.29, 1.82) is 0 Å². The maximum absolute atomic E-state index is 11.6. The third kappa shape index (κ3) is 2.84. The van der Waals surface area contributed by atoms with E-state index in [4.69, 9.17) is 0 Å². The van der Waals surface area contributed by atoms with E-state index in [-0.39, 0.29) is 11.8 Å². The van der Waals surface area contributed by atoms with Crippen LogP contribution in [0, 0.1) is 11.8 Å². The van der Waals surface area contributed by atoms with Gasteiger partial charge < -0.3 is 4.90 Å². The number of rotatable bonds is 4. The monoisotopic (exact) mass is 171 g/mol. The number of carbonyl (C=O) groups is 1. The van der Waals surface area contributed by atoms with Crippen LogP contribution in [0.3, 0.4) is 0 Å². The molecule has 12 heavy (non-hydrogen) atoms. The molecule has 0 heterocycles. The second-order valence-corrected chi connectivity index (χ2v) is 3.63. The summed E-state index contributed by atoms with van der Waals surface area (Å²) < 4.78 is 0. The lowest BCUT2D eigenvalue weighted by atomic mass is 9.88. The number of nitrogens with zero attached hydrogens (tertiary/aromatic N) is 1. The molecular weight excluding hydrogens is 150 g/mol. The van der Waals surface area contributed by atoms with Crippen molar-refractivity contribution in [2.75, 3.05) is 14.1 Å². The van der Waals surface area contributed by atoms with Crippen LogP contribution in [-0.2, 0) is 4.79 Å². The Balaban J connectivity index is 4.24. The van der Waals surface area contributed by atoms with Crippen molar-refractivity contribution < 1.29 is 4.79 Å². The molecule has 0 aromatic carbocycles. The summed E-state index contributed by atoms with van der Waals surface area (Å²) in [6, 6.07) is 0. The van der Waals surface area contributed by atoms with E-state index >= 15 is 0 Å². The third-order valence-corrected chi connectivity index (χ3v) is 2.53. The maximum atomic E-state index is 11.6. The van der Waals surface area contributed by atoms with E-state index < -0.39 is 0 Å². The van der Waals surface area contributed by atoms with Gasteiger partial charge in [0.25, 0.3) is 0 Å². The molecule has 2 heteroatoms. The second kappa shape index (κ2) is 5.18. The smallest absolute Gasteiger partial charge is 0.225 e. The van der Waals surface area contributed by atoms with E-state index in [0.29, 0.717) is 5.92 Å². The normalized spacial score (nSPS) is 15.4. The summed E-state index contributed by atoms with van der Waals surface area (Å²) in [7, 11) is 3.65. The number of hydrogen-bond donors (Lipinski definition) is 0. The minimum absolute atomic E-state index is 0.213. The maximum Gasteiger partial charge on any atom is 0.225 e. The van der Waals surface area contributed by atoms with Crippen LogP contribution in [0.15, 0.2) is 0 Å². The van der Waals surface area contributed by atoms with E-state index in [9.17, 15) is 4.79 Å². The van der Waals surface area contributed by atoms with Crippen LogP contribution in [0.25, 0.3) is 0 Å². The molecule has 2 nitrogen and oxygen atoms in total. The van der Waals surface area contributed by atoms with Gasteiger partial charge in [0.2, 0.25) is 5.91 Å². The first kappa shape index (κ1) is 11.5. The zero-order valence-electron chi connectivity index (χ0n) is 8.92. The molecule has 0 aromatic rings. The van der Waals surface area contributed by atoms with E-state index in [1.165, 1.54) is 0 Å². The Morgan fingerprint density at radius 3 is 2.00 bits per heavy atom. The van der Waals surface area contributed by atoms with Crippen LogP contribution in [0.5, 0.6) is 0 Å². The first-order valence-electron chi connectivity index (χ1n) is 4.75. The zero-order valence-corrected chi connectivity index (χ0v) is 8.92. The van der Waals surface area contributed by atoms with Crippen molar-refractivity contribution in [2.24, 2.45) is 11.8 Å². The largest absolute Gasteiger partial charge is 0.349 e. The van der Waals surface area contributed by atoms with Crippen molar-refractivity contribution in [3.63, 3.8) is 0 Å². The lowest BCUT2D eigenvalue weighted by Crippen LogP contribution is -2.32. The zero-order chi connectivity index (χ0) is 9.72. The molecule has 0 aliphatic rings. The Morgan fingerprint density at radius 2 is 1.75 bits per heavy atom. The highest BCUT2D eigenvalue weighted by molar-refractivity contribution is 5.78. The fourth-order valence-corrected chi connectivity index (χ4v) is 1.44. The van der Waals surface area contributed by atoms with Gasteiger partial charge in [-0.2, -0.15) is 0 Å². The average molecular weight is 171 g/mol. The Morgan fingerprint density at radius 1 is 1.25 bits per heavy atom. The SMILES string of the molecule is CC[C@@H](C)[C@@H](CC)C(=O)N(C)C. The molecule has 2 atom stereocenters. The summed E-state index contributed by atoms with van der Waals surface area (Å²) in [5.41, 5.74) is 0.